The van der Waals surface area contributed by atoms with Crippen LogP contribution < -0.4 is 10.1 Å². The van der Waals surface area contributed by atoms with Crippen LogP contribution in [0.1, 0.15) is 16.2 Å². The van der Waals surface area contributed by atoms with Crippen LogP contribution >= 0.6 is 11.6 Å². The SMILES string of the molecule is COC(=O)c1cc(NC=C(C#N)c2nn[nH]n2)c(Cl)c(OC)c1. The average Bonchev–Trinajstić information content (AvgIpc) is 3.10. The van der Waals surface area contributed by atoms with E-state index in [4.69, 9.17) is 21.6 Å². The second-order valence-corrected chi connectivity index (χ2v) is 4.46. The molecule has 118 valence electrons. The van der Waals surface area contributed by atoms with Gasteiger partial charge in [0.2, 0.25) is 5.82 Å². The third-order valence-electron chi connectivity index (χ3n) is 2.76. The van der Waals surface area contributed by atoms with Crippen molar-refractivity contribution in [1.29, 1.82) is 5.26 Å². The molecule has 9 nitrogen and oxygen atoms in total. The first-order valence-corrected chi connectivity index (χ1v) is 6.55. The van der Waals surface area contributed by atoms with Crippen LogP contribution in [-0.2, 0) is 4.74 Å². The molecule has 0 radical (unpaired) electrons. The highest BCUT2D eigenvalue weighted by Crippen LogP contribution is 2.34. The van der Waals surface area contributed by atoms with Gasteiger partial charge < -0.3 is 14.8 Å². The van der Waals surface area contributed by atoms with Gasteiger partial charge in [-0.15, -0.1) is 10.2 Å². The fourth-order valence-corrected chi connectivity index (χ4v) is 1.90. The molecule has 0 aliphatic rings. The monoisotopic (exact) mass is 334 g/mol. The maximum Gasteiger partial charge on any atom is 0.338 e. The predicted octanol–water partition coefficient (Wildman–Crippen LogP) is 1.62. The molecule has 0 unspecified atom stereocenters. The topological polar surface area (TPSA) is 126 Å². The number of rotatable bonds is 5. The second-order valence-electron chi connectivity index (χ2n) is 4.08. The lowest BCUT2D eigenvalue weighted by Gasteiger charge is -2.11. The second kappa shape index (κ2) is 7.24. The van der Waals surface area contributed by atoms with Crippen LogP contribution in [0.3, 0.4) is 0 Å². The molecule has 2 N–H and O–H groups in total. The van der Waals surface area contributed by atoms with Crippen LogP contribution in [0.15, 0.2) is 18.3 Å². The van der Waals surface area contributed by atoms with E-state index in [1.807, 2.05) is 6.07 Å². The molecule has 2 rings (SSSR count). The van der Waals surface area contributed by atoms with Crippen molar-refractivity contribution in [2.75, 3.05) is 19.5 Å². The Labute approximate surface area is 135 Å². The molecule has 0 atom stereocenters. The molecule has 0 bridgehead atoms. The highest BCUT2D eigenvalue weighted by atomic mass is 35.5. The van der Waals surface area contributed by atoms with E-state index in [9.17, 15) is 4.79 Å². The molecular formula is C13H11ClN6O3. The van der Waals surface area contributed by atoms with Crippen LogP contribution in [0.2, 0.25) is 5.02 Å². The minimum atomic E-state index is -0.550. The number of nitrogens with zero attached hydrogens (tertiary/aromatic N) is 4. The van der Waals surface area contributed by atoms with Crippen molar-refractivity contribution < 1.29 is 14.3 Å². The van der Waals surface area contributed by atoms with Gasteiger partial charge in [-0.25, -0.2) is 4.79 Å². The zero-order valence-electron chi connectivity index (χ0n) is 12.1. The number of anilines is 1. The molecule has 0 amide bonds. The first-order chi connectivity index (χ1) is 11.1. The molecule has 0 saturated carbocycles. The highest BCUT2D eigenvalue weighted by Gasteiger charge is 2.15. The minimum Gasteiger partial charge on any atom is -0.495 e. The first-order valence-electron chi connectivity index (χ1n) is 6.17. The number of methoxy groups -OCH3 is 2. The molecule has 0 aliphatic heterocycles. The Balaban J connectivity index is 2.39. The fraction of sp³-hybridized carbons (Fsp3) is 0.154. The van der Waals surface area contributed by atoms with Gasteiger partial charge in [-0.1, -0.05) is 11.6 Å². The number of tetrazole rings is 1. The van der Waals surface area contributed by atoms with Crippen LogP contribution in [0.25, 0.3) is 5.57 Å². The van der Waals surface area contributed by atoms with Crippen molar-refractivity contribution in [3.63, 3.8) is 0 Å². The van der Waals surface area contributed by atoms with E-state index >= 15 is 0 Å². The summed E-state index contributed by atoms with van der Waals surface area (Å²) in [5, 5.41) is 25.2. The molecule has 23 heavy (non-hydrogen) atoms. The van der Waals surface area contributed by atoms with Crippen molar-refractivity contribution in [1.82, 2.24) is 20.6 Å². The lowest BCUT2D eigenvalue weighted by Crippen LogP contribution is -2.04. The van der Waals surface area contributed by atoms with Crippen LogP contribution in [0, 0.1) is 11.3 Å². The number of carbonyl (C=O) groups excluding carboxylic acids is 1. The molecule has 1 aromatic heterocycles. The quantitative estimate of drug-likeness (QED) is 0.624. The predicted molar refractivity (Wildman–Crippen MR) is 80.7 cm³/mol. The molecular weight excluding hydrogens is 324 g/mol. The van der Waals surface area contributed by atoms with E-state index < -0.39 is 5.97 Å². The molecule has 0 spiro atoms. The zero-order valence-corrected chi connectivity index (χ0v) is 12.9. The number of hydrogen-bond acceptors (Lipinski definition) is 8. The van der Waals surface area contributed by atoms with E-state index in [1.54, 1.807) is 0 Å². The van der Waals surface area contributed by atoms with Gasteiger partial charge in [-0.05, 0) is 17.3 Å². The standard InChI is InChI=1S/C13H11ClN6O3/c1-22-10-4-7(13(21)23-2)3-9(11(10)14)16-6-8(5-15)12-17-19-20-18-12/h3-4,6,16H,1-2H3,(H,17,18,19,20). The number of carbonyl (C=O) groups is 1. The molecule has 1 aromatic carbocycles. The number of ether oxygens (including phenoxy) is 2. The van der Waals surface area contributed by atoms with Crippen molar-refractivity contribution >= 4 is 28.8 Å². The highest BCUT2D eigenvalue weighted by molar-refractivity contribution is 6.35. The Morgan fingerprint density at radius 2 is 2.26 bits per heavy atom. The van der Waals surface area contributed by atoms with Gasteiger partial charge in [0.05, 0.1) is 25.5 Å². The van der Waals surface area contributed by atoms with Crippen molar-refractivity contribution in [3.8, 4) is 11.8 Å². The number of H-pyrrole nitrogens is 1. The Morgan fingerprint density at radius 1 is 1.48 bits per heavy atom. The summed E-state index contributed by atoms with van der Waals surface area (Å²) in [6, 6.07) is 4.84. The van der Waals surface area contributed by atoms with Crippen molar-refractivity contribution in [2.45, 2.75) is 0 Å². The number of nitriles is 1. The molecule has 1 heterocycles. The summed E-state index contributed by atoms with van der Waals surface area (Å²) in [7, 11) is 2.68. The third kappa shape index (κ3) is 3.56. The number of halogens is 1. The number of nitrogens with one attached hydrogen (secondary N) is 2. The lowest BCUT2D eigenvalue weighted by molar-refractivity contribution is 0.0600. The van der Waals surface area contributed by atoms with Gasteiger partial charge in [-0.2, -0.15) is 10.5 Å². The largest absolute Gasteiger partial charge is 0.495 e. The fourth-order valence-electron chi connectivity index (χ4n) is 1.66. The van der Waals surface area contributed by atoms with Gasteiger partial charge in [0, 0.05) is 6.20 Å². The van der Waals surface area contributed by atoms with Gasteiger partial charge in [0.25, 0.3) is 0 Å². The van der Waals surface area contributed by atoms with Crippen molar-refractivity contribution in [2.24, 2.45) is 0 Å². The molecule has 2 aromatic rings. The van der Waals surface area contributed by atoms with Gasteiger partial charge in [0.15, 0.2) is 0 Å². The summed E-state index contributed by atoms with van der Waals surface area (Å²) in [6.07, 6.45) is 1.34. The summed E-state index contributed by atoms with van der Waals surface area (Å²) in [5.41, 5.74) is 0.711. The summed E-state index contributed by atoms with van der Waals surface area (Å²) in [4.78, 5) is 11.7. The Morgan fingerprint density at radius 3 is 2.83 bits per heavy atom. The number of allylic oxidation sites excluding steroid dienone is 1. The minimum absolute atomic E-state index is 0.118. The number of esters is 1. The number of benzene rings is 1. The number of aromatic amines is 1. The van der Waals surface area contributed by atoms with Gasteiger partial charge >= 0.3 is 5.97 Å². The van der Waals surface area contributed by atoms with E-state index in [-0.39, 0.29) is 27.7 Å². The summed E-state index contributed by atoms with van der Waals surface area (Å²) in [5.74, 6) is -0.151. The summed E-state index contributed by atoms with van der Waals surface area (Å²) < 4.78 is 9.79. The van der Waals surface area contributed by atoms with Crippen molar-refractivity contribution in [3.05, 3.63) is 34.7 Å². The van der Waals surface area contributed by atoms with Crippen LogP contribution in [-0.4, -0.2) is 40.8 Å². The normalized spacial score (nSPS) is 10.8. The number of hydrogen-bond donors (Lipinski definition) is 2. The Bertz CT molecular complexity index is 782. The van der Waals surface area contributed by atoms with Gasteiger partial charge in [-0.3, -0.25) is 0 Å². The molecule has 0 saturated heterocycles. The van der Waals surface area contributed by atoms with E-state index in [0.29, 0.717) is 5.69 Å². The maximum absolute atomic E-state index is 11.7. The van der Waals surface area contributed by atoms with Crippen LogP contribution in [0.5, 0.6) is 5.75 Å². The van der Waals surface area contributed by atoms with E-state index in [2.05, 4.69) is 30.7 Å². The summed E-state index contributed by atoms with van der Waals surface area (Å²) in [6.45, 7) is 0. The lowest BCUT2D eigenvalue weighted by atomic mass is 10.2. The molecule has 0 fully saturated rings. The van der Waals surface area contributed by atoms with Crippen LogP contribution in [0.4, 0.5) is 5.69 Å². The first kappa shape index (κ1) is 16.3. The average molecular weight is 335 g/mol. The zero-order chi connectivity index (χ0) is 16.8. The maximum atomic E-state index is 11.7. The Hall–Kier alpha value is -3.12. The third-order valence-corrected chi connectivity index (χ3v) is 3.15. The molecule has 0 aliphatic carbocycles. The smallest absolute Gasteiger partial charge is 0.338 e. The molecule has 10 heteroatoms. The number of aromatic nitrogens is 4. The van der Waals surface area contributed by atoms with Gasteiger partial charge in [0.1, 0.15) is 22.4 Å². The van der Waals surface area contributed by atoms with E-state index in [0.717, 1.165) is 0 Å². The van der Waals surface area contributed by atoms with E-state index in [1.165, 1.54) is 32.6 Å². The summed E-state index contributed by atoms with van der Waals surface area (Å²) >= 11 is 6.18. The Kier molecular flexibility index (Phi) is 5.11.